The van der Waals surface area contributed by atoms with E-state index in [9.17, 15) is 9.59 Å². The fourth-order valence-corrected chi connectivity index (χ4v) is 2.29. The molecule has 0 saturated heterocycles. The molecule has 1 aromatic rings. The van der Waals surface area contributed by atoms with Gasteiger partial charge in [-0.25, -0.2) is 14.6 Å². The number of aromatic nitrogens is 1. The van der Waals surface area contributed by atoms with Gasteiger partial charge in [0.15, 0.2) is 5.69 Å². The van der Waals surface area contributed by atoms with Crippen molar-refractivity contribution in [1.82, 2.24) is 15.2 Å². The van der Waals surface area contributed by atoms with E-state index in [4.69, 9.17) is 5.11 Å². The number of nitrogens with one attached hydrogen (secondary N) is 1. The van der Waals surface area contributed by atoms with E-state index in [2.05, 4.69) is 10.3 Å². The van der Waals surface area contributed by atoms with Gasteiger partial charge in [0, 0.05) is 18.0 Å². The molecule has 0 aliphatic heterocycles. The van der Waals surface area contributed by atoms with Crippen LogP contribution in [0.15, 0.2) is 5.38 Å². The van der Waals surface area contributed by atoms with Crippen LogP contribution in [0.5, 0.6) is 0 Å². The molecule has 0 saturated carbocycles. The van der Waals surface area contributed by atoms with Crippen molar-refractivity contribution >= 4 is 23.3 Å². The maximum atomic E-state index is 12.0. The number of carbonyl (C=O) groups is 2. The number of urea groups is 1. The molecule has 19 heavy (non-hydrogen) atoms. The molecule has 0 aliphatic rings. The highest BCUT2D eigenvalue weighted by Gasteiger charge is 2.16. The van der Waals surface area contributed by atoms with Crippen molar-refractivity contribution < 1.29 is 14.7 Å². The highest BCUT2D eigenvalue weighted by molar-refractivity contribution is 7.09. The van der Waals surface area contributed by atoms with Gasteiger partial charge in [0.1, 0.15) is 5.01 Å². The van der Waals surface area contributed by atoms with Crippen LogP contribution in [0.1, 0.15) is 42.7 Å². The summed E-state index contributed by atoms with van der Waals surface area (Å²) in [5.74, 6) is -1.05. The monoisotopic (exact) mass is 285 g/mol. The molecule has 6 nitrogen and oxygen atoms in total. The Morgan fingerprint density at radius 2 is 2.21 bits per heavy atom. The van der Waals surface area contributed by atoms with Crippen molar-refractivity contribution in [2.24, 2.45) is 0 Å². The van der Waals surface area contributed by atoms with Crippen molar-refractivity contribution in [3.63, 3.8) is 0 Å². The molecular formula is C12H19N3O3S. The third-order valence-electron chi connectivity index (χ3n) is 2.51. The van der Waals surface area contributed by atoms with Gasteiger partial charge in [0.05, 0.1) is 6.54 Å². The number of thiazole rings is 1. The van der Waals surface area contributed by atoms with E-state index in [1.54, 1.807) is 4.90 Å². The summed E-state index contributed by atoms with van der Waals surface area (Å²) in [5, 5.41) is 13.6. The molecule has 0 radical (unpaired) electrons. The summed E-state index contributed by atoms with van der Waals surface area (Å²) >= 11 is 1.23. The van der Waals surface area contributed by atoms with E-state index in [0.717, 1.165) is 6.42 Å². The van der Waals surface area contributed by atoms with Gasteiger partial charge in [-0.2, -0.15) is 0 Å². The van der Waals surface area contributed by atoms with Gasteiger partial charge in [-0.3, -0.25) is 0 Å². The summed E-state index contributed by atoms with van der Waals surface area (Å²) in [4.78, 5) is 28.3. The zero-order chi connectivity index (χ0) is 14.4. The van der Waals surface area contributed by atoms with Crippen molar-refractivity contribution in [2.75, 3.05) is 6.54 Å². The summed E-state index contributed by atoms with van der Waals surface area (Å²) in [6.07, 6.45) is 0.895. The third kappa shape index (κ3) is 4.51. The number of hydrogen-bond donors (Lipinski definition) is 2. The molecule has 2 N–H and O–H groups in total. The number of carbonyl (C=O) groups excluding carboxylic acids is 1. The van der Waals surface area contributed by atoms with Crippen LogP contribution in [0.3, 0.4) is 0 Å². The van der Waals surface area contributed by atoms with Gasteiger partial charge >= 0.3 is 12.0 Å². The molecule has 7 heteroatoms. The average molecular weight is 285 g/mol. The maximum absolute atomic E-state index is 12.0. The number of carboxylic acid groups (broad SMARTS) is 1. The number of carboxylic acids is 1. The lowest BCUT2D eigenvalue weighted by Gasteiger charge is -2.26. The van der Waals surface area contributed by atoms with E-state index in [0.29, 0.717) is 11.6 Å². The van der Waals surface area contributed by atoms with Crippen LogP contribution >= 0.6 is 11.3 Å². The molecule has 2 amide bonds. The fraction of sp³-hybridized carbons (Fsp3) is 0.583. The topological polar surface area (TPSA) is 82.5 Å². The van der Waals surface area contributed by atoms with Crippen LogP contribution in [-0.2, 0) is 6.54 Å². The van der Waals surface area contributed by atoms with Crippen molar-refractivity contribution in [3.05, 3.63) is 16.1 Å². The molecule has 0 bridgehead atoms. The second-order valence-electron chi connectivity index (χ2n) is 4.38. The first-order chi connectivity index (χ1) is 8.95. The van der Waals surface area contributed by atoms with Gasteiger partial charge in [-0.1, -0.05) is 6.92 Å². The Labute approximate surface area is 116 Å². The Bertz CT molecular complexity index is 445. The molecule has 0 unspecified atom stereocenters. The van der Waals surface area contributed by atoms with Crippen LogP contribution in [0.25, 0.3) is 0 Å². The minimum absolute atomic E-state index is 0.0172. The molecule has 0 spiro atoms. The standard InChI is InChI=1S/C12H19N3O3S/c1-4-5-15(8(2)3)12(18)13-6-10-14-9(7-19-10)11(16)17/h7-8H,4-6H2,1-3H3,(H,13,18)(H,16,17). The molecular weight excluding hydrogens is 266 g/mol. The summed E-state index contributed by atoms with van der Waals surface area (Å²) in [5.41, 5.74) is 0.0172. The van der Waals surface area contributed by atoms with Crippen LogP contribution in [-0.4, -0.2) is 39.6 Å². The molecule has 1 heterocycles. The Balaban J connectivity index is 2.54. The molecule has 1 aromatic heterocycles. The normalized spacial score (nSPS) is 10.5. The molecule has 1 rings (SSSR count). The Kier molecular flexibility index (Phi) is 5.75. The predicted molar refractivity (Wildman–Crippen MR) is 73.4 cm³/mol. The summed E-state index contributed by atoms with van der Waals surface area (Å²) in [6.45, 7) is 6.89. The molecule has 0 fully saturated rings. The second kappa shape index (κ2) is 7.08. The summed E-state index contributed by atoms with van der Waals surface area (Å²) < 4.78 is 0. The van der Waals surface area contributed by atoms with E-state index >= 15 is 0 Å². The molecule has 106 valence electrons. The first kappa shape index (κ1) is 15.4. The Morgan fingerprint density at radius 3 is 2.68 bits per heavy atom. The van der Waals surface area contributed by atoms with Gasteiger partial charge in [0.2, 0.25) is 0 Å². The van der Waals surface area contributed by atoms with Crippen LogP contribution < -0.4 is 5.32 Å². The number of aromatic carboxylic acids is 1. The average Bonchev–Trinajstić information content (AvgIpc) is 2.81. The van der Waals surface area contributed by atoms with Crippen LogP contribution in [0.4, 0.5) is 4.79 Å². The minimum atomic E-state index is -1.05. The highest BCUT2D eigenvalue weighted by Crippen LogP contribution is 2.10. The zero-order valence-electron chi connectivity index (χ0n) is 11.3. The van der Waals surface area contributed by atoms with Crippen LogP contribution in [0, 0.1) is 0 Å². The predicted octanol–water partition coefficient (Wildman–Crippen LogP) is 2.17. The van der Waals surface area contributed by atoms with Crippen molar-refractivity contribution in [2.45, 2.75) is 39.8 Å². The number of rotatable bonds is 6. The van der Waals surface area contributed by atoms with Crippen molar-refractivity contribution in [3.8, 4) is 0 Å². The van der Waals surface area contributed by atoms with Gasteiger partial charge in [0.25, 0.3) is 0 Å². The zero-order valence-corrected chi connectivity index (χ0v) is 12.2. The summed E-state index contributed by atoms with van der Waals surface area (Å²) in [7, 11) is 0. The lowest BCUT2D eigenvalue weighted by atomic mass is 10.3. The number of amides is 2. The smallest absolute Gasteiger partial charge is 0.355 e. The third-order valence-corrected chi connectivity index (χ3v) is 3.36. The number of nitrogens with zero attached hydrogens (tertiary/aromatic N) is 2. The molecule has 0 atom stereocenters. The lowest BCUT2D eigenvalue weighted by Crippen LogP contribution is -2.44. The number of hydrogen-bond acceptors (Lipinski definition) is 4. The first-order valence-corrected chi connectivity index (χ1v) is 7.05. The van der Waals surface area contributed by atoms with E-state index < -0.39 is 5.97 Å². The van der Waals surface area contributed by atoms with Gasteiger partial charge in [-0.05, 0) is 20.3 Å². The largest absolute Gasteiger partial charge is 0.476 e. The van der Waals surface area contributed by atoms with Gasteiger partial charge < -0.3 is 15.3 Å². The van der Waals surface area contributed by atoms with Crippen molar-refractivity contribution in [1.29, 1.82) is 0 Å². The SMILES string of the molecule is CCCN(C(=O)NCc1nc(C(=O)O)cs1)C(C)C. The first-order valence-electron chi connectivity index (χ1n) is 6.17. The lowest BCUT2D eigenvalue weighted by molar-refractivity contribution is 0.0691. The molecule has 0 aliphatic carbocycles. The van der Waals surface area contributed by atoms with E-state index in [1.165, 1.54) is 16.7 Å². The Hall–Kier alpha value is -1.63. The quantitative estimate of drug-likeness (QED) is 0.839. The second-order valence-corrected chi connectivity index (χ2v) is 5.32. The van der Waals surface area contributed by atoms with E-state index in [-0.39, 0.29) is 24.3 Å². The van der Waals surface area contributed by atoms with E-state index in [1.807, 2.05) is 20.8 Å². The Morgan fingerprint density at radius 1 is 1.53 bits per heavy atom. The highest BCUT2D eigenvalue weighted by atomic mass is 32.1. The maximum Gasteiger partial charge on any atom is 0.355 e. The summed E-state index contributed by atoms with van der Waals surface area (Å²) in [6, 6.07) is -0.0187. The fourth-order valence-electron chi connectivity index (χ4n) is 1.58. The minimum Gasteiger partial charge on any atom is -0.476 e. The van der Waals surface area contributed by atoms with Gasteiger partial charge in [-0.15, -0.1) is 11.3 Å². The van der Waals surface area contributed by atoms with Crippen LogP contribution in [0.2, 0.25) is 0 Å². The molecule has 0 aromatic carbocycles.